The Kier molecular flexibility index (Phi) is 5.02. The molecule has 0 bridgehead atoms. The lowest BCUT2D eigenvalue weighted by Gasteiger charge is -2.14. The first kappa shape index (κ1) is 15.3. The van der Waals surface area contributed by atoms with Crippen LogP contribution in [0.1, 0.15) is 11.1 Å². The van der Waals surface area contributed by atoms with Crippen LogP contribution in [-0.4, -0.2) is 5.11 Å². The van der Waals surface area contributed by atoms with E-state index in [2.05, 4.69) is 53.1 Å². The van der Waals surface area contributed by atoms with E-state index < -0.39 is 0 Å². The van der Waals surface area contributed by atoms with Crippen molar-refractivity contribution in [2.45, 2.75) is 6.42 Å². The third-order valence-corrected chi connectivity index (χ3v) is 3.74. The lowest BCUT2D eigenvalue weighted by atomic mass is 10.0. The first-order chi connectivity index (χ1) is 11.3. The van der Waals surface area contributed by atoms with E-state index >= 15 is 0 Å². The van der Waals surface area contributed by atoms with Gasteiger partial charge in [-0.15, -0.1) is 0 Å². The Morgan fingerprint density at radius 3 is 2.04 bits per heavy atom. The van der Waals surface area contributed by atoms with Gasteiger partial charge in [0.25, 0.3) is 0 Å². The van der Waals surface area contributed by atoms with Gasteiger partial charge in [0.2, 0.25) is 0 Å². The highest BCUT2D eigenvalue weighted by Gasteiger charge is 2.05. The van der Waals surface area contributed by atoms with Crippen molar-refractivity contribution < 1.29 is 0 Å². The van der Waals surface area contributed by atoms with Gasteiger partial charge in [0.1, 0.15) is 0 Å². The first-order valence-electron chi connectivity index (χ1n) is 7.56. The number of para-hydroxylation sites is 2. The van der Waals surface area contributed by atoms with Gasteiger partial charge < -0.3 is 10.6 Å². The molecule has 3 rings (SSSR count). The number of benzene rings is 3. The van der Waals surface area contributed by atoms with Gasteiger partial charge in [-0.25, -0.2) is 0 Å². The maximum Gasteiger partial charge on any atom is 0.175 e. The molecule has 0 aromatic heterocycles. The van der Waals surface area contributed by atoms with Crippen molar-refractivity contribution in [2.75, 3.05) is 10.6 Å². The Morgan fingerprint density at radius 1 is 0.696 bits per heavy atom. The fourth-order valence-corrected chi connectivity index (χ4v) is 2.65. The number of nitrogens with one attached hydrogen (secondary N) is 2. The average Bonchev–Trinajstić information content (AvgIpc) is 2.58. The Bertz CT molecular complexity index is 770. The second-order valence-corrected chi connectivity index (χ2v) is 5.67. The van der Waals surface area contributed by atoms with Crippen LogP contribution in [0.5, 0.6) is 0 Å². The first-order valence-corrected chi connectivity index (χ1v) is 7.97. The molecule has 3 heteroatoms. The predicted octanol–water partition coefficient (Wildman–Crippen LogP) is 5.09. The van der Waals surface area contributed by atoms with Crippen molar-refractivity contribution in [1.82, 2.24) is 0 Å². The van der Waals surface area contributed by atoms with Crippen molar-refractivity contribution in [3.63, 3.8) is 0 Å². The molecule has 3 aromatic carbocycles. The summed E-state index contributed by atoms with van der Waals surface area (Å²) in [5, 5.41) is 7.10. The standard InChI is InChI=1S/C20H18N2S/c23-20(21-18-12-5-2-6-13-18)22-19-14-8-7-11-17(19)15-16-9-3-1-4-10-16/h1-14H,15H2,(H2,21,22,23). The van der Waals surface area contributed by atoms with E-state index in [0.29, 0.717) is 5.11 Å². The summed E-state index contributed by atoms with van der Waals surface area (Å²) in [5.74, 6) is 0. The molecular weight excluding hydrogens is 300 g/mol. The highest BCUT2D eigenvalue weighted by atomic mass is 32.1. The molecular formula is C20H18N2S. The Morgan fingerprint density at radius 2 is 1.30 bits per heavy atom. The SMILES string of the molecule is S=C(Nc1ccccc1)Nc1ccccc1Cc1ccccc1. The lowest BCUT2D eigenvalue weighted by Crippen LogP contribution is -2.19. The summed E-state index contributed by atoms with van der Waals surface area (Å²) in [6.07, 6.45) is 0.873. The van der Waals surface area contributed by atoms with Crippen LogP contribution in [-0.2, 0) is 6.42 Å². The zero-order chi connectivity index (χ0) is 15.9. The van der Waals surface area contributed by atoms with Gasteiger partial charge in [-0.3, -0.25) is 0 Å². The van der Waals surface area contributed by atoms with E-state index in [4.69, 9.17) is 12.2 Å². The summed E-state index contributed by atoms with van der Waals surface area (Å²) in [4.78, 5) is 0. The molecule has 2 nitrogen and oxygen atoms in total. The van der Waals surface area contributed by atoms with Crippen molar-refractivity contribution >= 4 is 28.7 Å². The maximum atomic E-state index is 5.42. The van der Waals surface area contributed by atoms with E-state index in [1.54, 1.807) is 0 Å². The molecule has 0 spiro atoms. The van der Waals surface area contributed by atoms with E-state index in [9.17, 15) is 0 Å². The molecule has 0 aliphatic carbocycles. The molecule has 0 fully saturated rings. The van der Waals surface area contributed by atoms with Crippen molar-refractivity contribution in [2.24, 2.45) is 0 Å². The van der Waals surface area contributed by atoms with Crippen LogP contribution in [0.25, 0.3) is 0 Å². The zero-order valence-electron chi connectivity index (χ0n) is 12.7. The van der Waals surface area contributed by atoms with Gasteiger partial charge in [0.05, 0.1) is 0 Å². The quantitative estimate of drug-likeness (QED) is 0.656. The van der Waals surface area contributed by atoms with Gasteiger partial charge >= 0.3 is 0 Å². The molecule has 2 N–H and O–H groups in total. The van der Waals surface area contributed by atoms with Crippen LogP contribution in [0.15, 0.2) is 84.9 Å². The molecule has 0 saturated heterocycles. The summed E-state index contributed by atoms with van der Waals surface area (Å²) in [5.41, 5.74) is 4.51. The predicted molar refractivity (Wildman–Crippen MR) is 102 cm³/mol. The summed E-state index contributed by atoms with van der Waals surface area (Å²) < 4.78 is 0. The van der Waals surface area contributed by atoms with Crippen LogP contribution in [0.3, 0.4) is 0 Å². The van der Waals surface area contributed by atoms with Crippen LogP contribution >= 0.6 is 12.2 Å². The van der Waals surface area contributed by atoms with E-state index in [0.717, 1.165) is 17.8 Å². The summed E-state index contributed by atoms with van der Waals surface area (Å²) >= 11 is 5.42. The monoisotopic (exact) mass is 318 g/mol. The highest BCUT2D eigenvalue weighted by Crippen LogP contribution is 2.19. The van der Waals surface area contributed by atoms with Crippen molar-refractivity contribution in [3.05, 3.63) is 96.1 Å². The minimum absolute atomic E-state index is 0.594. The van der Waals surface area contributed by atoms with Crippen LogP contribution in [0.2, 0.25) is 0 Å². The fourth-order valence-electron chi connectivity index (χ4n) is 2.42. The molecule has 114 valence electrons. The highest BCUT2D eigenvalue weighted by molar-refractivity contribution is 7.80. The van der Waals surface area contributed by atoms with Gasteiger partial charge in [0, 0.05) is 11.4 Å². The summed E-state index contributed by atoms with van der Waals surface area (Å²) in [7, 11) is 0. The van der Waals surface area contributed by atoms with Gasteiger partial charge in [-0.1, -0.05) is 66.7 Å². The molecule has 3 aromatic rings. The number of rotatable bonds is 4. The largest absolute Gasteiger partial charge is 0.332 e. The molecule has 0 heterocycles. The fraction of sp³-hybridized carbons (Fsp3) is 0.0500. The van der Waals surface area contributed by atoms with Crippen LogP contribution in [0.4, 0.5) is 11.4 Å². The Hall–Kier alpha value is -2.65. The Labute approximate surface area is 142 Å². The minimum Gasteiger partial charge on any atom is -0.332 e. The van der Waals surface area contributed by atoms with Gasteiger partial charge in [-0.2, -0.15) is 0 Å². The minimum atomic E-state index is 0.594. The van der Waals surface area contributed by atoms with E-state index in [1.165, 1.54) is 11.1 Å². The average molecular weight is 318 g/mol. The van der Waals surface area contributed by atoms with Gasteiger partial charge in [-0.05, 0) is 48.0 Å². The molecule has 23 heavy (non-hydrogen) atoms. The second-order valence-electron chi connectivity index (χ2n) is 5.26. The molecule has 0 unspecified atom stereocenters. The number of anilines is 2. The smallest absolute Gasteiger partial charge is 0.175 e. The molecule has 0 aliphatic rings. The number of thiocarbonyl (C=S) groups is 1. The van der Waals surface area contributed by atoms with Gasteiger partial charge in [0.15, 0.2) is 5.11 Å². The second kappa shape index (κ2) is 7.56. The maximum absolute atomic E-state index is 5.42. The molecule has 0 amide bonds. The molecule has 0 atom stereocenters. The van der Waals surface area contributed by atoms with E-state index in [-0.39, 0.29) is 0 Å². The third-order valence-electron chi connectivity index (χ3n) is 3.53. The number of hydrogen-bond acceptors (Lipinski definition) is 1. The normalized spacial score (nSPS) is 10.1. The topological polar surface area (TPSA) is 24.1 Å². The summed E-state index contributed by atoms with van der Waals surface area (Å²) in [6, 6.07) is 28.6. The molecule has 0 saturated carbocycles. The van der Waals surface area contributed by atoms with Crippen molar-refractivity contribution in [3.8, 4) is 0 Å². The van der Waals surface area contributed by atoms with Crippen LogP contribution in [0, 0.1) is 0 Å². The van der Waals surface area contributed by atoms with Crippen LogP contribution < -0.4 is 10.6 Å². The van der Waals surface area contributed by atoms with Crippen molar-refractivity contribution in [1.29, 1.82) is 0 Å². The number of hydrogen-bond donors (Lipinski definition) is 2. The summed E-state index contributed by atoms with van der Waals surface area (Å²) in [6.45, 7) is 0. The lowest BCUT2D eigenvalue weighted by molar-refractivity contribution is 1.19. The third kappa shape index (κ3) is 4.41. The zero-order valence-corrected chi connectivity index (χ0v) is 13.5. The Balaban J connectivity index is 1.71. The van der Waals surface area contributed by atoms with E-state index in [1.807, 2.05) is 42.5 Å². The molecule has 0 aliphatic heterocycles. The molecule has 0 radical (unpaired) electrons.